The summed E-state index contributed by atoms with van der Waals surface area (Å²) in [6, 6.07) is 9.01. The van der Waals surface area contributed by atoms with Crippen molar-refractivity contribution in [2.75, 3.05) is 13.2 Å². The van der Waals surface area contributed by atoms with E-state index in [-0.39, 0.29) is 0 Å². The number of benzene rings is 2. The van der Waals surface area contributed by atoms with Crippen molar-refractivity contribution in [3.63, 3.8) is 0 Å². The number of thiophene rings is 2. The zero-order valence-electron chi connectivity index (χ0n) is 26.7. The lowest BCUT2D eigenvalue weighted by Crippen LogP contribution is -2.00. The molecule has 0 N–H and O–H groups in total. The van der Waals surface area contributed by atoms with Crippen molar-refractivity contribution in [1.82, 2.24) is 0 Å². The summed E-state index contributed by atoms with van der Waals surface area (Å²) in [5.41, 5.74) is 0. The summed E-state index contributed by atoms with van der Waals surface area (Å²) < 4.78 is 15.8. The molecule has 0 aliphatic carbocycles. The fourth-order valence-electron chi connectivity index (χ4n) is 6.17. The fraction of sp³-hybridized carbons (Fsp3) is 0.632. The van der Waals surface area contributed by atoms with Crippen LogP contribution >= 0.6 is 22.7 Å². The Morgan fingerprint density at radius 2 is 0.786 bits per heavy atom. The van der Waals surface area contributed by atoms with Crippen LogP contribution in [0.25, 0.3) is 30.9 Å². The maximum absolute atomic E-state index is 6.57. The molecule has 2 heterocycles. The number of rotatable bonds is 24. The van der Waals surface area contributed by atoms with Gasteiger partial charge in [-0.3, -0.25) is 0 Å². The Morgan fingerprint density at radius 1 is 0.452 bits per heavy atom. The van der Waals surface area contributed by atoms with Crippen molar-refractivity contribution in [1.29, 1.82) is 0 Å². The van der Waals surface area contributed by atoms with Gasteiger partial charge in [-0.1, -0.05) is 129 Å². The Bertz CT molecular complexity index is 1190. The monoisotopic (exact) mass is 608 g/mol. The van der Waals surface area contributed by atoms with E-state index in [2.05, 4.69) is 48.9 Å². The van der Waals surface area contributed by atoms with E-state index in [1.807, 2.05) is 22.7 Å². The molecule has 4 rings (SSSR count). The summed E-state index contributed by atoms with van der Waals surface area (Å²) in [7, 11) is 0. The molecule has 0 amide bonds. The van der Waals surface area contributed by atoms with E-state index >= 15 is 0 Å². The zero-order chi connectivity index (χ0) is 29.2. The molecule has 0 fully saturated rings. The molecule has 2 nitrogen and oxygen atoms in total. The van der Waals surface area contributed by atoms with Crippen LogP contribution in [0.15, 0.2) is 35.0 Å². The van der Waals surface area contributed by atoms with E-state index in [9.17, 15) is 0 Å². The molecule has 0 atom stereocenters. The lowest BCUT2D eigenvalue weighted by molar-refractivity contribution is 0.305. The smallest absolute Gasteiger partial charge is 0.129 e. The third-order valence-corrected chi connectivity index (χ3v) is 10.6. The first-order chi connectivity index (χ1) is 20.8. The lowest BCUT2D eigenvalue weighted by atomic mass is 10.0. The minimum Gasteiger partial charge on any atom is -0.493 e. The van der Waals surface area contributed by atoms with E-state index in [4.69, 9.17) is 9.47 Å². The van der Waals surface area contributed by atoms with Gasteiger partial charge in [0.15, 0.2) is 0 Å². The molecule has 0 unspecified atom stereocenters. The SMILES string of the molecule is CCCCCCCCCCCCOc1cc2ccsc2c2c(OCCCCCCCCCCCC)cc3ccsc3c12. The van der Waals surface area contributed by atoms with Crippen molar-refractivity contribution in [2.45, 2.75) is 142 Å². The van der Waals surface area contributed by atoms with Gasteiger partial charge in [0, 0.05) is 20.2 Å². The van der Waals surface area contributed by atoms with E-state index < -0.39 is 0 Å². The second-order valence-corrected chi connectivity index (χ2v) is 14.1. The molecule has 0 aliphatic rings. The average molecular weight is 609 g/mol. The minimum atomic E-state index is 0.789. The Hall–Kier alpha value is -1.78. The topological polar surface area (TPSA) is 18.5 Å². The van der Waals surface area contributed by atoms with E-state index in [1.165, 1.54) is 147 Å². The van der Waals surface area contributed by atoms with Gasteiger partial charge in [-0.05, 0) is 58.6 Å². The predicted octanol–water partition coefficient (Wildman–Crippen LogP) is 13.9. The molecule has 0 radical (unpaired) electrons. The molecule has 0 saturated carbocycles. The quantitative estimate of drug-likeness (QED) is 0.0737. The third kappa shape index (κ3) is 10.2. The molecule has 4 heteroatoms. The summed E-state index contributed by atoms with van der Waals surface area (Å²) in [5.74, 6) is 2.06. The predicted molar refractivity (Wildman–Crippen MR) is 189 cm³/mol. The standard InChI is InChI=1S/C38H56O2S2/c1-3-5-7-9-11-13-15-17-19-21-25-39-33-29-31-23-27-42-38(31)36-34(30-32-24-28-41-37(32)35(33)36)40-26-22-20-18-16-14-12-10-8-6-4-2/h23-24,27-30H,3-22,25-26H2,1-2H3. The van der Waals surface area contributed by atoms with Crippen LogP contribution < -0.4 is 9.47 Å². The molecular formula is C38H56O2S2. The third-order valence-electron chi connectivity index (χ3n) is 8.67. The van der Waals surface area contributed by atoms with Crippen molar-refractivity contribution < 1.29 is 9.47 Å². The number of unbranched alkanes of at least 4 members (excludes halogenated alkanes) is 18. The van der Waals surface area contributed by atoms with Gasteiger partial charge < -0.3 is 9.47 Å². The Balaban J connectivity index is 1.31. The van der Waals surface area contributed by atoms with Crippen LogP contribution in [-0.4, -0.2) is 13.2 Å². The van der Waals surface area contributed by atoms with Gasteiger partial charge in [0.2, 0.25) is 0 Å². The molecule has 2 aromatic heterocycles. The van der Waals surface area contributed by atoms with Gasteiger partial charge in [0.25, 0.3) is 0 Å². The van der Waals surface area contributed by atoms with Gasteiger partial charge in [0.05, 0.1) is 13.2 Å². The summed E-state index contributed by atoms with van der Waals surface area (Å²) in [6.45, 7) is 6.16. The van der Waals surface area contributed by atoms with Gasteiger partial charge in [-0.15, -0.1) is 22.7 Å². The zero-order valence-corrected chi connectivity index (χ0v) is 28.3. The van der Waals surface area contributed by atoms with Crippen molar-refractivity contribution in [2.24, 2.45) is 0 Å². The molecule has 0 saturated heterocycles. The first-order valence-electron chi connectivity index (χ1n) is 17.4. The molecule has 0 spiro atoms. The van der Waals surface area contributed by atoms with Crippen molar-refractivity contribution in [3.05, 3.63) is 35.0 Å². The van der Waals surface area contributed by atoms with Gasteiger partial charge in [-0.2, -0.15) is 0 Å². The van der Waals surface area contributed by atoms with Crippen molar-refractivity contribution >= 4 is 53.6 Å². The second-order valence-electron chi connectivity index (χ2n) is 12.2. The summed E-state index contributed by atoms with van der Waals surface area (Å²) >= 11 is 3.65. The Kier molecular flexibility index (Phi) is 15.4. The number of hydrogen-bond donors (Lipinski definition) is 0. The summed E-state index contributed by atoms with van der Waals surface area (Å²) in [6.07, 6.45) is 26.9. The highest BCUT2D eigenvalue weighted by Crippen LogP contribution is 2.46. The molecule has 4 aromatic rings. The molecular weight excluding hydrogens is 553 g/mol. The fourth-order valence-corrected chi connectivity index (χ4v) is 8.04. The number of ether oxygens (including phenoxy) is 2. The highest BCUT2D eigenvalue weighted by atomic mass is 32.1. The van der Waals surface area contributed by atoms with Crippen LogP contribution in [0.5, 0.6) is 11.5 Å². The maximum Gasteiger partial charge on any atom is 0.129 e. The van der Waals surface area contributed by atoms with Crippen LogP contribution in [0.3, 0.4) is 0 Å². The highest BCUT2D eigenvalue weighted by Gasteiger charge is 2.18. The second kappa shape index (κ2) is 19.5. The minimum absolute atomic E-state index is 0.789. The van der Waals surface area contributed by atoms with Gasteiger partial charge in [-0.25, -0.2) is 0 Å². The largest absolute Gasteiger partial charge is 0.493 e. The Morgan fingerprint density at radius 3 is 1.14 bits per heavy atom. The van der Waals surface area contributed by atoms with E-state index in [0.717, 1.165) is 37.6 Å². The van der Waals surface area contributed by atoms with Gasteiger partial charge >= 0.3 is 0 Å². The van der Waals surface area contributed by atoms with Crippen LogP contribution in [0.4, 0.5) is 0 Å². The van der Waals surface area contributed by atoms with Crippen LogP contribution in [-0.2, 0) is 0 Å². The summed E-state index contributed by atoms with van der Waals surface area (Å²) in [5, 5.41) is 9.46. The molecule has 0 aliphatic heterocycles. The molecule has 42 heavy (non-hydrogen) atoms. The molecule has 0 bridgehead atoms. The first-order valence-corrected chi connectivity index (χ1v) is 19.2. The van der Waals surface area contributed by atoms with Crippen LogP contribution in [0, 0.1) is 0 Å². The lowest BCUT2D eigenvalue weighted by Gasteiger charge is -2.15. The Labute approximate surface area is 264 Å². The normalized spacial score (nSPS) is 11.8. The van der Waals surface area contributed by atoms with Crippen LogP contribution in [0.1, 0.15) is 142 Å². The highest BCUT2D eigenvalue weighted by molar-refractivity contribution is 7.19. The summed E-state index contributed by atoms with van der Waals surface area (Å²) in [4.78, 5) is 0. The molecule has 2 aromatic carbocycles. The average Bonchev–Trinajstić information content (AvgIpc) is 3.68. The maximum atomic E-state index is 6.57. The number of fused-ring (bicyclic) bond motifs is 5. The first kappa shape index (κ1) is 33.1. The van der Waals surface area contributed by atoms with Crippen molar-refractivity contribution in [3.8, 4) is 11.5 Å². The van der Waals surface area contributed by atoms with Crippen LogP contribution in [0.2, 0.25) is 0 Å². The van der Waals surface area contributed by atoms with E-state index in [1.54, 1.807) is 0 Å². The molecule has 232 valence electrons. The number of hydrogen-bond acceptors (Lipinski definition) is 4. The van der Waals surface area contributed by atoms with E-state index in [0.29, 0.717) is 0 Å². The van der Waals surface area contributed by atoms with Gasteiger partial charge in [0.1, 0.15) is 11.5 Å².